The van der Waals surface area contributed by atoms with Crippen molar-refractivity contribution in [3.8, 4) is 11.4 Å². The normalized spacial score (nSPS) is 17.6. The van der Waals surface area contributed by atoms with E-state index in [1.54, 1.807) is 29.2 Å². The average molecular weight is 647 g/mol. The van der Waals surface area contributed by atoms with Crippen molar-refractivity contribution in [1.82, 2.24) is 19.0 Å². The molecule has 0 spiro atoms. The van der Waals surface area contributed by atoms with Crippen LogP contribution in [0, 0.1) is 17.6 Å². The molecular formula is C30H36F2N6O6S. The van der Waals surface area contributed by atoms with Crippen molar-refractivity contribution in [2.75, 3.05) is 56.5 Å². The van der Waals surface area contributed by atoms with E-state index in [0.29, 0.717) is 36.0 Å². The van der Waals surface area contributed by atoms with Crippen molar-refractivity contribution in [3.05, 3.63) is 76.2 Å². The van der Waals surface area contributed by atoms with Gasteiger partial charge in [0.25, 0.3) is 0 Å². The van der Waals surface area contributed by atoms with E-state index in [0.717, 1.165) is 16.8 Å². The Hall–Kier alpha value is -4.24. The number of hydrogen-bond acceptors (Lipinski definition) is 9. The van der Waals surface area contributed by atoms with Crippen LogP contribution in [0.15, 0.2) is 53.5 Å². The van der Waals surface area contributed by atoms with Gasteiger partial charge in [-0.15, -0.1) is 0 Å². The van der Waals surface area contributed by atoms with Gasteiger partial charge in [0.1, 0.15) is 23.4 Å². The first-order valence-corrected chi connectivity index (χ1v) is 16.2. The second-order valence-electron chi connectivity index (χ2n) is 11.5. The summed E-state index contributed by atoms with van der Waals surface area (Å²) in [5.74, 6) is -1.89. The fraction of sp³-hybridized carbons (Fsp3) is 0.433. The van der Waals surface area contributed by atoms with Gasteiger partial charge in [-0.05, 0) is 35.7 Å². The zero-order chi connectivity index (χ0) is 32.3. The Morgan fingerprint density at radius 2 is 1.71 bits per heavy atom. The third kappa shape index (κ3) is 7.71. The van der Waals surface area contributed by atoms with Crippen LogP contribution >= 0.6 is 0 Å². The van der Waals surface area contributed by atoms with Gasteiger partial charge in [-0.2, -0.15) is 14.1 Å². The minimum atomic E-state index is -3.63. The van der Waals surface area contributed by atoms with Crippen LogP contribution in [0.4, 0.5) is 25.0 Å². The number of piperazine rings is 1. The molecule has 15 heteroatoms. The van der Waals surface area contributed by atoms with Gasteiger partial charge in [0.05, 0.1) is 30.8 Å². The number of rotatable bonds is 9. The highest BCUT2D eigenvalue weighted by Gasteiger charge is 2.33. The van der Waals surface area contributed by atoms with E-state index in [9.17, 15) is 26.8 Å². The fourth-order valence-electron chi connectivity index (χ4n) is 5.22. The summed E-state index contributed by atoms with van der Waals surface area (Å²) in [5, 5.41) is 4.18. The summed E-state index contributed by atoms with van der Waals surface area (Å²) >= 11 is 0. The lowest BCUT2D eigenvalue weighted by atomic mass is 10.2. The number of carbonyl (C=O) groups excluding carboxylic acids is 1. The number of aromatic nitrogens is 2. The maximum absolute atomic E-state index is 14.0. The van der Waals surface area contributed by atoms with Gasteiger partial charge in [-0.3, -0.25) is 4.79 Å². The zero-order valence-electron chi connectivity index (χ0n) is 25.1. The third-order valence-corrected chi connectivity index (χ3v) is 9.39. The molecule has 12 nitrogen and oxygen atoms in total. The number of anilines is 2. The molecule has 3 heterocycles. The summed E-state index contributed by atoms with van der Waals surface area (Å²) in [7, 11) is -3.63. The monoisotopic (exact) mass is 646 g/mol. The van der Waals surface area contributed by atoms with E-state index in [4.69, 9.17) is 15.2 Å². The number of nitrogen functional groups attached to an aromatic ring is 1. The van der Waals surface area contributed by atoms with Gasteiger partial charge >= 0.3 is 11.7 Å². The number of likely N-dealkylation sites (tertiary alicyclic amines) is 1. The number of nitrogens with two attached hydrogens (primary N) is 1. The number of halogens is 2. The van der Waals surface area contributed by atoms with E-state index >= 15 is 0 Å². The largest absolute Gasteiger partial charge is 0.481 e. The molecule has 0 aliphatic carbocycles. The van der Waals surface area contributed by atoms with Gasteiger partial charge < -0.3 is 25.0 Å². The van der Waals surface area contributed by atoms with Gasteiger partial charge in [-0.25, -0.2) is 22.0 Å². The van der Waals surface area contributed by atoms with Crippen LogP contribution in [-0.2, 0) is 20.5 Å². The molecule has 2 aliphatic rings. The Morgan fingerprint density at radius 1 is 1.04 bits per heavy atom. The smallest absolute Gasteiger partial charge is 0.409 e. The highest BCUT2D eigenvalue weighted by atomic mass is 32.2. The predicted molar refractivity (Wildman–Crippen MR) is 164 cm³/mol. The Morgan fingerprint density at radius 3 is 2.36 bits per heavy atom. The molecule has 0 saturated carbocycles. The minimum Gasteiger partial charge on any atom is -0.481 e. The molecule has 0 bridgehead atoms. The lowest BCUT2D eigenvalue weighted by Crippen LogP contribution is -2.49. The lowest BCUT2D eigenvalue weighted by Gasteiger charge is -2.36. The summed E-state index contributed by atoms with van der Waals surface area (Å²) < 4.78 is 68.1. The summed E-state index contributed by atoms with van der Waals surface area (Å²) in [6.45, 7) is 5.41. The number of nitrogens with zero attached hydrogens (tertiary/aromatic N) is 5. The second-order valence-corrected chi connectivity index (χ2v) is 13.5. The summed E-state index contributed by atoms with van der Waals surface area (Å²) in [6, 6.07) is 9.29. The topological polar surface area (TPSA) is 140 Å². The maximum Gasteiger partial charge on any atom is 0.409 e. The number of carbonyl (C=O) groups is 1. The van der Waals surface area contributed by atoms with Gasteiger partial charge in [-0.1, -0.05) is 26.0 Å². The van der Waals surface area contributed by atoms with E-state index in [2.05, 4.69) is 5.10 Å². The minimum absolute atomic E-state index is 0.116. The second kappa shape index (κ2) is 13.4. The number of sulfonamides is 1. The molecule has 3 aromatic rings. The Kier molecular flexibility index (Phi) is 9.58. The molecular weight excluding hydrogens is 610 g/mol. The predicted octanol–water partition coefficient (Wildman–Crippen LogP) is 2.99. The van der Waals surface area contributed by atoms with Crippen LogP contribution in [0.3, 0.4) is 0 Å². The van der Waals surface area contributed by atoms with Gasteiger partial charge in [0, 0.05) is 50.9 Å². The van der Waals surface area contributed by atoms with Crippen molar-refractivity contribution in [1.29, 1.82) is 0 Å². The third-order valence-electron chi connectivity index (χ3n) is 7.54. The molecule has 2 saturated heterocycles. The Bertz CT molecular complexity index is 1670. The number of ether oxygens (including phenoxy) is 2. The van der Waals surface area contributed by atoms with Gasteiger partial charge in [0.15, 0.2) is 0 Å². The molecule has 2 fully saturated rings. The molecule has 242 valence electrons. The first-order valence-electron chi connectivity index (χ1n) is 14.6. The van der Waals surface area contributed by atoms with E-state index in [-0.39, 0.29) is 62.4 Å². The van der Waals surface area contributed by atoms with Crippen molar-refractivity contribution >= 4 is 27.5 Å². The molecule has 1 aromatic heterocycles. The van der Waals surface area contributed by atoms with Crippen LogP contribution < -0.4 is 20.9 Å². The molecule has 2 aromatic carbocycles. The van der Waals surface area contributed by atoms with Crippen molar-refractivity contribution in [2.45, 2.75) is 32.1 Å². The van der Waals surface area contributed by atoms with Gasteiger partial charge in [0.2, 0.25) is 15.8 Å². The highest BCUT2D eigenvalue weighted by molar-refractivity contribution is 7.88. The summed E-state index contributed by atoms with van der Waals surface area (Å²) in [4.78, 5) is 29.6. The van der Waals surface area contributed by atoms with E-state index in [1.807, 2.05) is 13.8 Å². The maximum atomic E-state index is 14.0. The van der Waals surface area contributed by atoms with Crippen LogP contribution in [-0.4, -0.2) is 85.5 Å². The number of hydrogen-bond donors (Lipinski definition) is 1. The molecule has 5 rings (SSSR count). The summed E-state index contributed by atoms with van der Waals surface area (Å²) in [5.41, 5.74) is 6.30. The number of benzene rings is 2. The molecule has 1 amide bonds. The fourth-order valence-corrected chi connectivity index (χ4v) is 6.74. The molecule has 2 aliphatic heterocycles. The first-order chi connectivity index (χ1) is 21.4. The van der Waals surface area contributed by atoms with E-state index in [1.165, 1.54) is 15.4 Å². The van der Waals surface area contributed by atoms with Crippen LogP contribution in [0.5, 0.6) is 5.75 Å². The molecule has 1 unspecified atom stereocenters. The zero-order valence-corrected chi connectivity index (χ0v) is 25.9. The van der Waals surface area contributed by atoms with E-state index < -0.39 is 39.4 Å². The molecule has 1 atom stereocenters. The van der Waals surface area contributed by atoms with Crippen molar-refractivity contribution < 1.29 is 31.5 Å². The first kappa shape index (κ1) is 32.2. The summed E-state index contributed by atoms with van der Waals surface area (Å²) in [6.07, 6.45) is 0.740. The molecule has 45 heavy (non-hydrogen) atoms. The Labute approximate surface area is 260 Å². The lowest BCUT2D eigenvalue weighted by molar-refractivity contribution is 0.0948. The highest BCUT2D eigenvalue weighted by Crippen LogP contribution is 2.29. The number of amides is 1. The van der Waals surface area contributed by atoms with Crippen LogP contribution in [0.1, 0.15) is 25.8 Å². The molecule has 2 N–H and O–H groups in total. The van der Waals surface area contributed by atoms with Crippen LogP contribution in [0.25, 0.3) is 5.69 Å². The Balaban J connectivity index is 1.37. The quantitative estimate of drug-likeness (QED) is 0.348. The standard InChI is InChI=1S/C30H36F2N6O6S/c1-20(2)18-43-30(40)36-8-7-26(17-36)44-28-27(16-34-38(29(28)39)25-14-22(31)13-23(32)15-25)35-9-11-37(12-10-35)45(41,42)19-21-3-5-24(33)6-4-21/h3-6,13-16,20,26H,7-12,17-19,33H2,1-2H3. The van der Waals surface area contributed by atoms with Crippen molar-refractivity contribution in [2.24, 2.45) is 5.92 Å². The van der Waals surface area contributed by atoms with Crippen LogP contribution in [0.2, 0.25) is 0 Å². The molecule has 0 radical (unpaired) electrons. The van der Waals surface area contributed by atoms with Crippen molar-refractivity contribution in [3.63, 3.8) is 0 Å². The average Bonchev–Trinajstić information content (AvgIpc) is 3.46. The SMILES string of the molecule is CC(C)COC(=O)N1CCC(Oc2c(N3CCN(S(=O)(=O)Cc4ccc(N)cc4)CC3)cnn(-c3cc(F)cc(F)c3)c2=O)C1.